The lowest BCUT2D eigenvalue weighted by Crippen LogP contribution is -2.45. The van der Waals surface area contributed by atoms with Gasteiger partial charge in [0.05, 0.1) is 5.92 Å². The molecule has 108 valence electrons. The number of fused-ring (bicyclic) bond motifs is 2. The number of carboxylic acids is 1. The lowest BCUT2D eigenvalue weighted by atomic mass is 9.69. The van der Waals surface area contributed by atoms with Gasteiger partial charge in [-0.1, -0.05) is 24.3 Å². The van der Waals surface area contributed by atoms with E-state index in [1.165, 1.54) is 6.42 Å². The molecule has 4 aliphatic carbocycles. The second kappa shape index (κ2) is 5.43. The van der Waals surface area contributed by atoms with Gasteiger partial charge in [0.25, 0.3) is 0 Å². The normalized spacial score (nSPS) is 38.7. The van der Waals surface area contributed by atoms with Crippen LogP contribution in [0.1, 0.15) is 32.1 Å². The minimum absolute atomic E-state index is 0.0809. The van der Waals surface area contributed by atoms with Gasteiger partial charge in [0.15, 0.2) is 0 Å². The molecule has 4 heteroatoms. The topological polar surface area (TPSA) is 66.4 Å². The third-order valence-corrected chi connectivity index (χ3v) is 4.92. The quantitative estimate of drug-likeness (QED) is 0.775. The number of allylic oxidation sites excluding steroid dienone is 3. The Bertz CT molecular complexity index is 468. The monoisotopic (exact) mass is 275 g/mol. The highest BCUT2D eigenvalue weighted by Crippen LogP contribution is 2.40. The van der Waals surface area contributed by atoms with Crippen molar-refractivity contribution in [1.82, 2.24) is 5.32 Å². The summed E-state index contributed by atoms with van der Waals surface area (Å²) < 4.78 is 0. The van der Waals surface area contributed by atoms with Crippen molar-refractivity contribution in [1.29, 1.82) is 0 Å². The van der Waals surface area contributed by atoms with Crippen LogP contribution in [0, 0.1) is 23.7 Å². The Morgan fingerprint density at radius 3 is 2.55 bits per heavy atom. The molecule has 0 aliphatic heterocycles. The minimum atomic E-state index is -0.770. The fourth-order valence-electron chi connectivity index (χ4n) is 3.72. The molecule has 0 unspecified atom stereocenters. The summed E-state index contributed by atoms with van der Waals surface area (Å²) in [6.07, 6.45) is 12.6. The van der Waals surface area contributed by atoms with Gasteiger partial charge in [0, 0.05) is 12.0 Å². The zero-order valence-electron chi connectivity index (χ0n) is 11.5. The van der Waals surface area contributed by atoms with Gasteiger partial charge in [-0.2, -0.15) is 0 Å². The van der Waals surface area contributed by atoms with Crippen LogP contribution in [-0.2, 0) is 9.59 Å². The molecule has 5 atom stereocenters. The predicted molar refractivity (Wildman–Crippen MR) is 74.9 cm³/mol. The number of carboxylic acid groups (broad SMARTS) is 1. The van der Waals surface area contributed by atoms with Gasteiger partial charge in [0.1, 0.15) is 0 Å². The summed E-state index contributed by atoms with van der Waals surface area (Å²) >= 11 is 0. The SMILES string of the molecule is O=C(O)[C@@H]1CC=C[C@@H](NC(=O)[C@@H]2C[C@@H]3C=C[C@H]2CC3)C1. The molecule has 0 spiro atoms. The Morgan fingerprint density at radius 1 is 1.10 bits per heavy atom. The predicted octanol–water partition coefficient (Wildman–Crippen LogP) is 2.12. The summed E-state index contributed by atoms with van der Waals surface area (Å²) in [5.41, 5.74) is 0. The van der Waals surface area contributed by atoms with Gasteiger partial charge < -0.3 is 10.4 Å². The van der Waals surface area contributed by atoms with Crippen LogP contribution in [0.15, 0.2) is 24.3 Å². The highest BCUT2D eigenvalue weighted by Gasteiger charge is 2.37. The summed E-state index contributed by atoms with van der Waals surface area (Å²) in [5, 5.41) is 12.1. The van der Waals surface area contributed by atoms with E-state index >= 15 is 0 Å². The zero-order chi connectivity index (χ0) is 14.1. The van der Waals surface area contributed by atoms with Crippen LogP contribution >= 0.6 is 0 Å². The molecular weight excluding hydrogens is 254 g/mol. The van der Waals surface area contributed by atoms with Crippen molar-refractivity contribution in [3.05, 3.63) is 24.3 Å². The van der Waals surface area contributed by atoms with Gasteiger partial charge in [-0.05, 0) is 43.9 Å². The van der Waals surface area contributed by atoms with Gasteiger partial charge >= 0.3 is 5.97 Å². The first-order valence-corrected chi connectivity index (χ1v) is 7.51. The van der Waals surface area contributed by atoms with Crippen LogP contribution in [0.4, 0.5) is 0 Å². The Balaban J connectivity index is 1.59. The number of carbonyl (C=O) groups is 2. The van der Waals surface area contributed by atoms with E-state index in [1.54, 1.807) is 0 Å². The smallest absolute Gasteiger partial charge is 0.306 e. The van der Waals surface area contributed by atoms with E-state index in [9.17, 15) is 9.59 Å². The third kappa shape index (κ3) is 2.65. The Hall–Kier alpha value is -1.58. The largest absolute Gasteiger partial charge is 0.481 e. The van der Waals surface area contributed by atoms with Crippen LogP contribution in [-0.4, -0.2) is 23.0 Å². The average Bonchev–Trinajstić information content (AvgIpc) is 2.48. The molecule has 4 aliphatic rings. The number of hydrogen-bond donors (Lipinski definition) is 2. The molecule has 4 nitrogen and oxygen atoms in total. The molecule has 0 saturated heterocycles. The van der Waals surface area contributed by atoms with Crippen molar-refractivity contribution in [2.24, 2.45) is 23.7 Å². The highest BCUT2D eigenvalue weighted by molar-refractivity contribution is 5.80. The number of hydrogen-bond acceptors (Lipinski definition) is 2. The van der Waals surface area contributed by atoms with Gasteiger partial charge in [-0.3, -0.25) is 9.59 Å². The molecule has 20 heavy (non-hydrogen) atoms. The van der Waals surface area contributed by atoms with Crippen LogP contribution in [0.3, 0.4) is 0 Å². The fraction of sp³-hybridized carbons (Fsp3) is 0.625. The van der Waals surface area contributed by atoms with Crippen molar-refractivity contribution in [2.45, 2.75) is 38.1 Å². The van der Waals surface area contributed by atoms with E-state index in [-0.39, 0.29) is 23.8 Å². The molecule has 2 N–H and O–H groups in total. The van der Waals surface area contributed by atoms with Gasteiger partial charge in [0.2, 0.25) is 5.91 Å². The van der Waals surface area contributed by atoms with E-state index in [0.29, 0.717) is 24.7 Å². The second-order valence-electron chi connectivity index (χ2n) is 6.28. The number of rotatable bonds is 3. The van der Waals surface area contributed by atoms with E-state index < -0.39 is 5.97 Å². The van der Waals surface area contributed by atoms with Crippen LogP contribution in [0.5, 0.6) is 0 Å². The molecule has 1 amide bonds. The summed E-state index contributed by atoms with van der Waals surface area (Å²) in [7, 11) is 0. The van der Waals surface area contributed by atoms with E-state index in [2.05, 4.69) is 17.5 Å². The first-order chi connectivity index (χ1) is 9.63. The molecular formula is C16H21NO3. The summed E-state index contributed by atoms with van der Waals surface area (Å²) in [5.74, 6) is -0.0180. The number of carbonyl (C=O) groups excluding carboxylic acids is 1. The molecule has 0 radical (unpaired) electrons. The van der Waals surface area contributed by atoms with Gasteiger partial charge in [-0.15, -0.1) is 0 Å². The Labute approximate surface area is 118 Å². The Morgan fingerprint density at radius 2 is 1.95 bits per heavy atom. The van der Waals surface area contributed by atoms with E-state index in [0.717, 1.165) is 12.8 Å². The molecule has 0 heterocycles. The first kappa shape index (κ1) is 13.4. The van der Waals surface area contributed by atoms with Crippen LogP contribution < -0.4 is 5.32 Å². The van der Waals surface area contributed by atoms with Crippen LogP contribution in [0.2, 0.25) is 0 Å². The first-order valence-electron chi connectivity index (χ1n) is 7.51. The number of amides is 1. The maximum Gasteiger partial charge on any atom is 0.306 e. The second-order valence-corrected chi connectivity index (χ2v) is 6.28. The number of aliphatic carboxylic acids is 1. The van der Waals surface area contributed by atoms with Crippen molar-refractivity contribution in [3.8, 4) is 0 Å². The standard InChI is InChI=1S/C16H21NO3/c18-15(14-8-10-4-6-11(14)7-5-10)17-13-3-1-2-12(9-13)16(19)20/h1,3-4,6,10-14H,2,5,7-9H2,(H,17,18)(H,19,20)/t10-,11+,12-,13-,14-/m1/s1. The van der Waals surface area contributed by atoms with Crippen molar-refractivity contribution >= 4 is 11.9 Å². The molecule has 4 rings (SSSR count). The fourth-order valence-corrected chi connectivity index (χ4v) is 3.72. The highest BCUT2D eigenvalue weighted by atomic mass is 16.4. The molecule has 2 bridgehead atoms. The molecule has 0 aromatic rings. The maximum absolute atomic E-state index is 12.4. The lowest BCUT2D eigenvalue weighted by Gasteiger charge is -2.37. The van der Waals surface area contributed by atoms with Crippen molar-refractivity contribution < 1.29 is 14.7 Å². The van der Waals surface area contributed by atoms with E-state index in [1.807, 2.05) is 12.2 Å². The molecule has 1 saturated carbocycles. The maximum atomic E-state index is 12.4. The summed E-state index contributed by atoms with van der Waals surface area (Å²) in [4.78, 5) is 23.4. The van der Waals surface area contributed by atoms with Crippen molar-refractivity contribution in [3.63, 3.8) is 0 Å². The van der Waals surface area contributed by atoms with Crippen molar-refractivity contribution in [2.75, 3.05) is 0 Å². The molecule has 0 aromatic carbocycles. The Kier molecular flexibility index (Phi) is 3.64. The minimum Gasteiger partial charge on any atom is -0.481 e. The zero-order valence-corrected chi connectivity index (χ0v) is 11.5. The third-order valence-electron chi connectivity index (χ3n) is 4.92. The van der Waals surface area contributed by atoms with E-state index in [4.69, 9.17) is 5.11 Å². The molecule has 1 fully saturated rings. The average molecular weight is 275 g/mol. The van der Waals surface area contributed by atoms with Crippen LogP contribution in [0.25, 0.3) is 0 Å². The lowest BCUT2D eigenvalue weighted by molar-refractivity contribution is -0.142. The summed E-state index contributed by atoms with van der Waals surface area (Å²) in [6, 6.07) is -0.123. The van der Waals surface area contributed by atoms with Gasteiger partial charge in [-0.25, -0.2) is 0 Å². The summed E-state index contributed by atoms with van der Waals surface area (Å²) in [6.45, 7) is 0. The molecule has 0 aromatic heterocycles. The number of nitrogens with one attached hydrogen (secondary N) is 1.